The highest BCUT2D eigenvalue weighted by atomic mass is 19.2. The average molecular weight is 438 g/mol. The van der Waals surface area contributed by atoms with Crippen LogP contribution in [0.4, 0.5) is 18.9 Å². The summed E-state index contributed by atoms with van der Waals surface area (Å²) in [5.41, 5.74) is -1.73. The first-order chi connectivity index (χ1) is 14.5. The molecule has 0 heterocycles. The zero-order valence-corrected chi connectivity index (χ0v) is 17.4. The molecule has 2 amide bonds. The summed E-state index contributed by atoms with van der Waals surface area (Å²) in [5, 5.41) is 5.19. The maximum Gasteiger partial charge on any atom is 0.312 e. The van der Waals surface area contributed by atoms with E-state index in [2.05, 4.69) is 10.6 Å². The molecular weight excluding hydrogens is 413 g/mol. The van der Waals surface area contributed by atoms with Gasteiger partial charge in [-0.15, -0.1) is 0 Å². The summed E-state index contributed by atoms with van der Waals surface area (Å²) < 4.78 is 45.7. The van der Waals surface area contributed by atoms with Gasteiger partial charge in [-0.1, -0.05) is 0 Å². The van der Waals surface area contributed by atoms with Crippen LogP contribution in [0, 0.1) is 34.7 Å². The van der Waals surface area contributed by atoms with Crippen LogP contribution >= 0.6 is 0 Å². The Morgan fingerprint density at radius 2 is 1.71 bits per heavy atom. The van der Waals surface area contributed by atoms with Crippen LogP contribution in [0.3, 0.4) is 0 Å². The standard InChI is InChI=1S/C22H25F3N2O4/c1-11(19(29)26-16-4-3-15(23)17(24)18(16)25)31-20(30)21-6-13-5-14(7-21)9-22(8-13,10-21)27-12(2)28/h3-4,11,13-14H,5-10H2,1-2H3,(H,26,29)(H,27,28)/t11-,13-,14+,21?,22?/m1/s1. The largest absolute Gasteiger partial charge is 0.452 e. The molecule has 6 nitrogen and oxygen atoms in total. The highest BCUT2D eigenvalue weighted by molar-refractivity contribution is 5.95. The summed E-state index contributed by atoms with van der Waals surface area (Å²) in [6, 6.07) is 1.60. The molecule has 5 atom stereocenters. The molecule has 31 heavy (non-hydrogen) atoms. The molecular formula is C22H25F3N2O4. The number of rotatable bonds is 5. The van der Waals surface area contributed by atoms with E-state index in [1.54, 1.807) is 0 Å². The molecule has 4 aliphatic carbocycles. The lowest BCUT2D eigenvalue weighted by molar-refractivity contribution is -0.181. The second-order valence-electron chi connectivity index (χ2n) is 9.46. The van der Waals surface area contributed by atoms with Crippen molar-refractivity contribution in [3.63, 3.8) is 0 Å². The van der Waals surface area contributed by atoms with Gasteiger partial charge in [0.05, 0.1) is 11.1 Å². The Labute approximate surface area is 177 Å². The lowest BCUT2D eigenvalue weighted by atomic mass is 9.47. The number of benzene rings is 1. The summed E-state index contributed by atoms with van der Waals surface area (Å²) >= 11 is 0. The third-order valence-electron chi connectivity index (χ3n) is 6.88. The number of carbonyl (C=O) groups excluding carboxylic acids is 3. The molecule has 4 fully saturated rings. The van der Waals surface area contributed by atoms with Crippen molar-refractivity contribution in [1.29, 1.82) is 0 Å². The number of hydrogen-bond acceptors (Lipinski definition) is 4. The molecule has 4 aliphatic rings. The minimum absolute atomic E-state index is 0.133. The van der Waals surface area contributed by atoms with Gasteiger partial charge in [0.1, 0.15) is 0 Å². The predicted octanol–water partition coefficient (Wildman–Crippen LogP) is 3.45. The van der Waals surface area contributed by atoms with Crippen LogP contribution in [0.25, 0.3) is 0 Å². The van der Waals surface area contributed by atoms with Crippen molar-refractivity contribution in [3.8, 4) is 0 Å². The van der Waals surface area contributed by atoms with Crippen LogP contribution in [0.15, 0.2) is 12.1 Å². The Kier molecular flexibility index (Phi) is 5.26. The fraction of sp³-hybridized carbons (Fsp3) is 0.591. The first-order valence-corrected chi connectivity index (χ1v) is 10.5. The zero-order valence-electron chi connectivity index (χ0n) is 17.4. The van der Waals surface area contributed by atoms with Gasteiger partial charge < -0.3 is 15.4 Å². The maximum atomic E-state index is 13.8. The van der Waals surface area contributed by atoms with Crippen LogP contribution in [0.1, 0.15) is 52.4 Å². The van der Waals surface area contributed by atoms with E-state index < -0.39 is 52.1 Å². The van der Waals surface area contributed by atoms with Gasteiger partial charge in [0, 0.05) is 12.5 Å². The quantitative estimate of drug-likeness (QED) is 0.545. The van der Waals surface area contributed by atoms with Crippen molar-refractivity contribution in [2.45, 2.75) is 64.0 Å². The molecule has 0 saturated heterocycles. The number of halogens is 3. The molecule has 0 aliphatic heterocycles. The summed E-state index contributed by atoms with van der Waals surface area (Å²) in [7, 11) is 0. The van der Waals surface area contributed by atoms with E-state index in [0.717, 1.165) is 25.3 Å². The third-order valence-corrected chi connectivity index (χ3v) is 6.88. The lowest BCUT2D eigenvalue weighted by Gasteiger charge is -2.60. The number of carbonyl (C=O) groups is 3. The van der Waals surface area contributed by atoms with Crippen LogP contribution in [-0.2, 0) is 19.1 Å². The SMILES string of the molecule is CC(=O)NC12C[C@H]3C[C@@H](C1)CC(C(=O)O[C@H](C)C(=O)Nc1ccc(F)c(F)c1F)(C3)C2. The number of hydrogen-bond donors (Lipinski definition) is 2. The van der Waals surface area contributed by atoms with E-state index in [1.165, 1.54) is 13.8 Å². The topological polar surface area (TPSA) is 84.5 Å². The van der Waals surface area contributed by atoms with Crippen LogP contribution in [-0.4, -0.2) is 29.4 Å². The first kappa shape index (κ1) is 21.6. The molecule has 5 rings (SSSR count). The smallest absolute Gasteiger partial charge is 0.312 e. The maximum absolute atomic E-state index is 13.8. The van der Waals surface area contributed by atoms with Crippen LogP contribution in [0.2, 0.25) is 0 Å². The van der Waals surface area contributed by atoms with Gasteiger partial charge in [0.25, 0.3) is 5.91 Å². The molecule has 9 heteroatoms. The van der Waals surface area contributed by atoms with Crippen molar-refractivity contribution >= 4 is 23.5 Å². The van der Waals surface area contributed by atoms with E-state index in [-0.39, 0.29) is 5.91 Å². The molecule has 4 bridgehead atoms. The van der Waals surface area contributed by atoms with Gasteiger partial charge in [-0.3, -0.25) is 14.4 Å². The van der Waals surface area contributed by atoms with E-state index in [0.29, 0.717) is 37.2 Å². The van der Waals surface area contributed by atoms with Crippen molar-refractivity contribution in [3.05, 3.63) is 29.6 Å². The number of amides is 2. The fourth-order valence-electron chi connectivity index (χ4n) is 6.22. The second-order valence-corrected chi connectivity index (χ2v) is 9.46. The first-order valence-electron chi connectivity index (χ1n) is 10.5. The minimum atomic E-state index is -1.70. The van der Waals surface area contributed by atoms with Gasteiger partial charge in [-0.25, -0.2) is 13.2 Å². The fourth-order valence-corrected chi connectivity index (χ4v) is 6.22. The molecule has 168 valence electrons. The van der Waals surface area contributed by atoms with Crippen LogP contribution in [0.5, 0.6) is 0 Å². The van der Waals surface area contributed by atoms with Gasteiger partial charge in [-0.05, 0) is 69.4 Å². The normalized spacial score (nSPS) is 31.8. The van der Waals surface area contributed by atoms with Gasteiger partial charge in [0.15, 0.2) is 23.6 Å². The Morgan fingerprint density at radius 3 is 2.32 bits per heavy atom. The summed E-state index contributed by atoms with van der Waals surface area (Å²) in [6.07, 6.45) is 3.20. The van der Waals surface area contributed by atoms with Crippen molar-refractivity contribution in [1.82, 2.24) is 5.32 Å². The van der Waals surface area contributed by atoms with Gasteiger partial charge >= 0.3 is 5.97 Å². The molecule has 1 aromatic rings. The number of anilines is 1. The molecule has 0 aromatic heterocycles. The zero-order chi connectivity index (χ0) is 22.6. The number of nitrogens with one attached hydrogen (secondary N) is 2. The minimum Gasteiger partial charge on any atom is -0.452 e. The average Bonchev–Trinajstić information content (AvgIpc) is 2.66. The predicted molar refractivity (Wildman–Crippen MR) is 104 cm³/mol. The van der Waals surface area contributed by atoms with Gasteiger partial charge in [0.2, 0.25) is 5.91 Å². The monoisotopic (exact) mass is 438 g/mol. The number of esters is 1. The summed E-state index contributed by atoms with van der Waals surface area (Å²) in [6.45, 7) is 2.81. The van der Waals surface area contributed by atoms with E-state index >= 15 is 0 Å². The molecule has 2 unspecified atom stereocenters. The number of ether oxygens (including phenoxy) is 1. The Balaban J connectivity index is 1.46. The lowest BCUT2D eigenvalue weighted by Crippen LogP contribution is -2.65. The van der Waals surface area contributed by atoms with E-state index in [1.807, 2.05) is 0 Å². The van der Waals surface area contributed by atoms with Crippen molar-refractivity contribution in [2.24, 2.45) is 17.3 Å². The highest BCUT2D eigenvalue weighted by Gasteiger charge is 2.61. The summed E-state index contributed by atoms with van der Waals surface area (Å²) in [5.74, 6) is -5.47. The molecule has 0 spiro atoms. The third kappa shape index (κ3) is 3.90. The van der Waals surface area contributed by atoms with E-state index in [9.17, 15) is 27.6 Å². The van der Waals surface area contributed by atoms with Gasteiger partial charge in [-0.2, -0.15) is 0 Å². The highest BCUT2D eigenvalue weighted by Crippen LogP contribution is 2.62. The van der Waals surface area contributed by atoms with Crippen molar-refractivity contribution in [2.75, 3.05) is 5.32 Å². The molecule has 2 N–H and O–H groups in total. The van der Waals surface area contributed by atoms with Crippen LogP contribution < -0.4 is 10.6 Å². The summed E-state index contributed by atoms with van der Waals surface area (Å²) in [4.78, 5) is 37.3. The second kappa shape index (κ2) is 7.53. The molecule has 0 radical (unpaired) electrons. The Morgan fingerprint density at radius 1 is 1.06 bits per heavy atom. The van der Waals surface area contributed by atoms with E-state index in [4.69, 9.17) is 4.74 Å². The van der Waals surface area contributed by atoms with Crippen molar-refractivity contribution < 1.29 is 32.3 Å². The Bertz CT molecular complexity index is 937. The molecule has 1 aromatic carbocycles. The molecule has 4 saturated carbocycles. The Hall–Kier alpha value is -2.58.